The number of benzene rings is 1. The number of aliphatic carboxylic acids is 1. The van der Waals surface area contributed by atoms with E-state index in [1.807, 2.05) is 30.3 Å². The van der Waals surface area contributed by atoms with Gasteiger partial charge in [-0.15, -0.1) is 11.8 Å². The van der Waals surface area contributed by atoms with Gasteiger partial charge in [0.25, 0.3) is 0 Å². The summed E-state index contributed by atoms with van der Waals surface area (Å²) in [5, 5.41) is 11.7. The zero-order valence-corrected chi connectivity index (χ0v) is 10.7. The van der Waals surface area contributed by atoms with Crippen molar-refractivity contribution in [3.05, 3.63) is 30.3 Å². The second kappa shape index (κ2) is 5.44. The Morgan fingerprint density at radius 3 is 2.50 bits per heavy atom. The molecule has 1 amide bonds. The first-order valence-corrected chi connectivity index (χ1v) is 6.79. The monoisotopic (exact) mass is 265 g/mol. The van der Waals surface area contributed by atoms with E-state index in [9.17, 15) is 9.59 Å². The number of carbonyl (C=O) groups excluding carboxylic acids is 1. The molecule has 1 saturated carbocycles. The molecule has 1 aromatic rings. The largest absolute Gasteiger partial charge is 0.481 e. The Labute approximate surface area is 110 Å². The summed E-state index contributed by atoms with van der Waals surface area (Å²) in [6.07, 6.45) is 1.32. The minimum absolute atomic E-state index is 0.114. The van der Waals surface area contributed by atoms with Crippen LogP contribution in [-0.2, 0) is 9.59 Å². The topological polar surface area (TPSA) is 66.4 Å². The predicted molar refractivity (Wildman–Crippen MR) is 69.5 cm³/mol. The van der Waals surface area contributed by atoms with Crippen LogP contribution in [0.1, 0.15) is 12.8 Å². The molecule has 0 heterocycles. The highest BCUT2D eigenvalue weighted by Gasteiger charge is 2.50. The number of rotatable bonds is 6. The molecule has 0 bridgehead atoms. The van der Waals surface area contributed by atoms with Gasteiger partial charge < -0.3 is 10.4 Å². The highest BCUT2D eigenvalue weighted by atomic mass is 32.2. The van der Waals surface area contributed by atoms with Gasteiger partial charge in [-0.3, -0.25) is 9.59 Å². The molecule has 1 aliphatic carbocycles. The lowest BCUT2D eigenvalue weighted by molar-refractivity contribution is -0.143. The first-order chi connectivity index (χ1) is 8.62. The molecule has 2 N–H and O–H groups in total. The van der Waals surface area contributed by atoms with Crippen LogP contribution in [0.2, 0.25) is 0 Å². The van der Waals surface area contributed by atoms with Gasteiger partial charge in [0.15, 0.2) is 0 Å². The molecule has 1 fully saturated rings. The van der Waals surface area contributed by atoms with Gasteiger partial charge in [0, 0.05) is 11.4 Å². The molecule has 0 unspecified atom stereocenters. The average molecular weight is 265 g/mol. The lowest BCUT2D eigenvalue weighted by atomic mass is 10.1. The highest BCUT2D eigenvalue weighted by molar-refractivity contribution is 8.00. The zero-order valence-electron chi connectivity index (χ0n) is 9.89. The summed E-state index contributed by atoms with van der Waals surface area (Å²) in [5.41, 5.74) is -0.687. The lowest BCUT2D eigenvalue weighted by Gasteiger charge is -2.10. The van der Waals surface area contributed by atoms with Gasteiger partial charge in [-0.2, -0.15) is 0 Å². The predicted octanol–water partition coefficient (Wildman–Crippen LogP) is 1.76. The summed E-state index contributed by atoms with van der Waals surface area (Å²) in [7, 11) is 0. The second-order valence-electron chi connectivity index (χ2n) is 4.46. The van der Waals surface area contributed by atoms with Gasteiger partial charge >= 0.3 is 5.97 Å². The number of carbonyl (C=O) groups is 2. The third kappa shape index (κ3) is 3.26. The molecule has 0 aliphatic heterocycles. The maximum Gasteiger partial charge on any atom is 0.311 e. The number of amides is 1. The molecular weight excluding hydrogens is 250 g/mol. The molecule has 5 heteroatoms. The highest BCUT2D eigenvalue weighted by Crippen LogP contribution is 2.45. The van der Waals surface area contributed by atoms with Crippen LogP contribution < -0.4 is 5.32 Å². The SMILES string of the molecule is O=C(CSc1ccccc1)NCC1(C(=O)O)CC1. The minimum atomic E-state index is -0.807. The fraction of sp³-hybridized carbons (Fsp3) is 0.385. The van der Waals surface area contributed by atoms with Crippen molar-refractivity contribution in [2.24, 2.45) is 5.41 Å². The van der Waals surface area contributed by atoms with Gasteiger partial charge in [-0.25, -0.2) is 0 Å². The number of carboxylic acid groups (broad SMARTS) is 1. The maximum atomic E-state index is 11.6. The summed E-state index contributed by atoms with van der Waals surface area (Å²) < 4.78 is 0. The average Bonchev–Trinajstić information content (AvgIpc) is 3.16. The third-order valence-electron chi connectivity index (χ3n) is 3.04. The summed E-state index contributed by atoms with van der Waals surface area (Å²) in [6, 6.07) is 9.65. The van der Waals surface area contributed by atoms with E-state index in [1.165, 1.54) is 11.8 Å². The van der Waals surface area contributed by atoms with E-state index in [2.05, 4.69) is 5.32 Å². The molecule has 96 valence electrons. The fourth-order valence-electron chi connectivity index (χ4n) is 1.60. The van der Waals surface area contributed by atoms with E-state index in [0.29, 0.717) is 18.6 Å². The Balaban J connectivity index is 1.72. The molecular formula is C13H15NO3S. The molecule has 2 rings (SSSR count). The molecule has 1 aromatic carbocycles. The van der Waals surface area contributed by atoms with Crippen molar-refractivity contribution in [1.29, 1.82) is 0 Å². The number of nitrogens with one attached hydrogen (secondary N) is 1. The van der Waals surface area contributed by atoms with Gasteiger partial charge in [-0.05, 0) is 25.0 Å². The first kappa shape index (κ1) is 13.0. The third-order valence-corrected chi connectivity index (χ3v) is 4.06. The second-order valence-corrected chi connectivity index (χ2v) is 5.51. The van der Waals surface area contributed by atoms with Crippen molar-refractivity contribution in [3.8, 4) is 0 Å². The van der Waals surface area contributed by atoms with E-state index in [0.717, 1.165) is 4.90 Å². The van der Waals surface area contributed by atoms with E-state index in [-0.39, 0.29) is 12.5 Å². The smallest absolute Gasteiger partial charge is 0.311 e. The Morgan fingerprint density at radius 1 is 1.28 bits per heavy atom. The lowest BCUT2D eigenvalue weighted by Crippen LogP contribution is -2.35. The Morgan fingerprint density at radius 2 is 1.94 bits per heavy atom. The van der Waals surface area contributed by atoms with E-state index >= 15 is 0 Å². The van der Waals surface area contributed by atoms with E-state index < -0.39 is 11.4 Å². The molecule has 4 nitrogen and oxygen atoms in total. The zero-order chi connectivity index (χ0) is 13.0. The maximum absolute atomic E-state index is 11.6. The van der Waals surface area contributed by atoms with Crippen LogP contribution in [0, 0.1) is 5.41 Å². The van der Waals surface area contributed by atoms with Gasteiger partial charge in [-0.1, -0.05) is 18.2 Å². The van der Waals surface area contributed by atoms with Crippen molar-refractivity contribution >= 4 is 23.6 Å². The van der Waals surface area contributed by atoms with Crippen molar-refractivity contribution in [3.63, 3.8) is 0 Å². The standard InChI is InChI=1S/C13H15NO3S/c15-11(8-18-10-4-2-1-3-5-10)14-9-13(6-7-13)12(16)17/h1-5H,6-9H2,(H,14,15)(H,16,17). The Hall–Kier alpha value is -1.49. The normalized spacial score (nSPS) is 16.0. The van der Waals surface area contributed by atoms with Crippen LogP contribution in [0.5, 0.6) is 0 Å². The van der Waals surface area contributed by atoms with Crippen LogP contribution in [-0.4, -0.2) is 29.3 Å². The molecule has 0 spiro atoms. The quantitative estimate of drug-likeness (QED) is 0.769. The van der Waals surface area contributed by atoms with Gasteiger partial charge in [0.1, 0.15) is 0 Å². The minimum Gasteiger partial charge on any atom is -0.481 e. The first-order valence-electron chi connectivity index (χ1n) is 5.80. The Bertz CT molecular complexity index is 443. The summed E-state index contributed by atoms with van der Waals surface area (Å²) >= 11 is 1.45. The van der Waals surface area contributed by atoms with Crippen molar-refractivity contribution in [2.45, 2.75) is 17.7 Å². The van der Waals surface area contributed by atoms with Crippen LogP contribution >= 0.6 is 11.8 Å². The fourth-order valence-corrected chi connectivity index (χ4v) is 2.35. The van der Waals surface area contributed by atoms with Crippen molar-refractivity contribution in [2.75, 3.05) is 12.3 Å². The Kier molecular flexibility index (Phi) is 3.91. The molecule has 0 aromatic heterocycles. The molecule has 1 aliphatic rings. The molecule has 18 heavy (non-hydrogen) atoms. The van der Waals surface area contributed by atoms with E-state index in [4.69, 9.17) is 5.11 Å². The van der Waals surface area contributed by atoms with Crippen LogP contribution in [0.15, 0.2) is 35.2 Å². The number of hydrogen-bond acceptors (Lipinski definition) is 3. The number of hydrogen-bond donors (Lipinski definition) is 2. The van der Waals surface area contributed by atoms with Crippen LogP contribution in [0.4, 0.5) is 0 Å². The summed E-state index contributed by atoms with van der Waals surface area (Å²) in [6.45, 7) is 0.247. The molecule has 0 radical (unpaired) electrons. The number of carboxylic acids is 1. The van der Waals surface area contributed by atoms with Crippen molar-refractivity contribution < 1.29 is 14.7 Å². The molecule has 0 saturated heterocycles. The van der Waals surface area contributed by atoms with Gasteiger partial charge in [0.2, 0.25) is 5.91 Å². The summed E-state index contributed by atoms with van der Waals surface area (Å²) in [4.78, 5) is 23.5. The number of thioether (sulfide) groups is 1. The van der Waals surface area contributed by atoms with Crippen LogP contribution in [0.25, 0.3) is 0 Å². The summed E-state index contributed by atoms with van der Waals surface area (Å²) in [5.74, 6) is -0.602. The van der Waals surface area contributed by atoms with Gasteiger partial charge in [0.05, 0.1) is 11.2 Å². The molecule has 0 atom stereocenters. The van der Waals surface area contributed by atoms with Crippen LogP contribution in [0.3, 0.4) is 0 Å². The van der Waals surface area contributed by atoms with Crippen molar-refractivity contribution in [1.82, 2.24) is 5.32 Å². The van der Waals surface area contributed by atoms with E-state index in [1.54, 1.807) is 0 Å².